The minimum absolute atomic E-state index is 0.173. The van der Waals surface area contributed by atoms with Gasteiger partial charge in [-0.3, -0.25) is 0 Å². The van der Waals surface area contributed by atoms with Crippen LogP contribution in [0.4, 0.5) is 10.2 Å². The molecule has 0 fully saturated rings. The van der Waals surface area contributed by atoms with Crippen molar-refractivity contribution in [2.75, 3.05) is 11.2 Å². The van der Waals surface area contributed by atoms with Crippen molar-refractivity contribution in [1.82, 2.24) is 4.98 Å². The molecule has 84 valence electrons. The maximum absolute atomic E-state index is 13.4. The lowest BCUT2D eigenvalue weighted by molar-refractivity contribution is 0.613. The van der Waals surface area contributed by atoms with Gasteiger partial charge in [0.2, 0.25) is 0 Å². The van der Waals surface area contributed by atoms with E-state index in [9.17, 15) is 4.39 Å². The molecule has 0 amide bonds. The molecule has 1 heterocycles. The van der Waals surface area contributed by atoms with Gasteiger partial charge in [-0.1, -0.05) is 0 Å². The molecule has 0 aromatic carbocycles. The average Bonchev–Trinajstić information content (AvgIpc) is 2.19. The van der Waals surface area contributed by atoms with Crippen LogP contribution in [0.25, 0.3) is 0 Å². The van der Waals surface area contributed by atoms with Crippen molar-refractivity contribution >= 4 is 33.3 Å². The van der Waals surface area contributed by atoms with Crippen molar-refractivity contribution in [1.29, 1.82) is 0 Å². The quantitative estimate of drug-likeness (QED) is 0.836. The van der Waals surface area contributed by atoms with Gasteiger partial charge in [0.25, 0.3) is 0 Å². The number of alkyl halides is 1. The second-order valence-corrected chi connectivity index (χ2v) is 4.65. The summed E-state index contributed by atoms with van der Waals surface area (Å²) in [6.07, 6.45) is 3.38. The molecular formula is C10H13BrClFN2. The van der Waals surface area contributed by atoms with Gasteiger partial charge in [0.15, 0.2) is 11.6 Å². The standard InChI is InChI=1S/C10H13BrClFN2/c1-7(3-2-4-12)15-10-9(13)5-8(11)6-14-10/h5-7H,2-4H2,1H3,(H,14,15). The number of halogens is 3. The van der Waals surface area contributed by atoms with Crippen LogP contribution in [0.5, 0.6) is 0 Å². The monoisotopic (exact) mass is 294 g/mol. The van der Waals surface area contributed by atoms with Gasteiger partial charge in [0, 0.05) is 22.6 Å². The summed E-state index contributed by atoms with van der Waals surface area (Å²) in [4.78, 5) is 3.96. The minimum Gasteiger partial charge on any atom is -0.365 e. The van der Waals surface area contributed by atoms with E-state index < -0.39 is 0 Å². The molecular weight excluding hydrogens is 282 g/mol. The topological polar surface area (TPSA) is 24.9 Å². The van der Waals surface area contributed by atoms with E-state index in [1.165, 1.54) is 6.07 Å². The fraction of sp³-hybridized carbons (Fsp3) is 0.500. The highest BCUT2D eigenvalue weighted by Gasteiger charge is 2.07. The summed E-state index contributed by atoms with van der Waals surface area (Å²) in [7, 11) is 0. The SMILES string of the molecule is CC(CCCCl)Nc1ncc(Br)cc1F. The Morgan fingerprint density at radius 2 is 2.40 bits per heavy atom. The Hall–Kier alpha value is -0.350. The van der Waals surface area contributed by atoms with E-state index in [4.69, 9.17) is 11.6 Å². The van der Waals surface area contributed by atoms with Gasteiger partial charge in [-0.05, 0) is 41.8 Å². The van der Waals surface area contributed by atoms with E-state index in [1.54, 1.807) is 6.20 Å². The van der Waals surface area contributed by atoms with Gasteiger partial charge >= 0.3 is 0 Å². The first-order valence-electron chi connectivity index (χ1n) is 4.77. The summed E-state index contributed by atoms with van der Waals surface area (Å²) in [5.74, 6) is 0.574. The number of hydrogen-bond acceptors (Lipinski definition) is 2. The number of pyridine rings is 1. The maximum Gasteiger partial charge on any atom is 0.166 e. The lowest BCUT2D eigenvalue weighted by atomic mass is 10.2. The molecule has 1 aromatic heterocycles. The third-order valence-electron chi connectivity index (χ3n) is 1.96. The zero-order valence-corrected chi connectivity index (χ0v) is 10.8. The highest BCUT2D eigenvalue weighted by Crippen LogP contribution is 2.17. The molecule has 5 heteroatoms. The number of anilines is 1. The molecule has 1 unspecified atom stereocenters. The normalized spacial score (nSPS) is 12.5. The molecule has 0 saturated heterocycles. The molecule has 0 radical (unpaired) electrons. The Morgan fingerprint density at radius 3 is 3.00 bits per heavy atom. The van der Waals surface area contributed by atoms with Crippen LogP contribution in [0.3, 0.4) is 0 Å². The van der Waals surface area contributed by atoms with Crippen molar-refractivity contribution in [3.05, 3.63) is 22.6 Å². The highest BCUT2D eigenvalue weighted by molar-refractivity contribution is 9.10. The molecule has 2 nitrogen and oxygen atoms in total. The molecule has 0 aliphatic rings. The predicted octanol–water partition coefficient (Wildman–Crippen LogP) is 3.80. The summed E-state index contributed by atoms with van der Waals surface area (Å²) >= 11 is 8.73. The third kappa shape index (κ3) is 4.34. The zero-order valence-electron chi connectivity index (χ0n) is 8.43. The summed E-state index contributed by atoms with van der Waals surface area (Å²) in [5, 5.41) is 3.01. The number of nitrogens with zero attached hydrogens (tertiary/aromatic N) is 1. The largest absolute Gasteiger partial charge is 0.365 e. The van der Waals surface area contributed by atoms with Crippen LogP contribution in [-0.2, 0) is 0 Å². The fourth-order valence-corrected chi connectivity index (χ4v) is 1.67. The number of hydrogen-bond donors (Lipinski definition) is 1. The molecule has 0 bridgehead atoms. The molecule has 1 N–H and O–H groups in total. The lowest BCUT2D eigenvalue weighted by Crippen LogP contribution is -2.17. The summed E-state index contributed by atoms with van der Waals surface area (Å²) < 4.78 is 14.0. The lowest BCUT2D eigenvalue weighted by Gasteiger charge is -2.14. The van der Waals surface area contributed by atoms with Crippen molar-refractivity contribution in [2.24, 2.45) is 0 Å². The van der Waals surface area contributed by atoms with Gasteiger partial charge < -0.3 is 5.32 Å². The highest BCUT2D eigenvalue weighted by atomic mass is 79.9. The van der Waals surface area contributed by atoms with Crippen LogP contribution >= 0.6 is 27.5 Å². The van der Waals surface area contributed by atoms with E-state index in [0.29, 0.717) is 16.2 Å². The molecule has 0 spiro atoms. The number of nitrogens with one attached hydrogen (secondary N) is 1. The van der Waals surface area contributed by atoms with Gasteiger partial charge in [-0.2, -0.15) is 0 Å². The molecule has 0 aliphatic carbocycles. The van der Waals surface area contributed by atoms with Crippen LogP contribution < -0.4 is 5.32 Å². The third-order valence-corrected chi connectivity index (χ3v) is 2.66. The maximum atomic E-state index is 13.4. The second-order valence-electron chi connectivity index (χ2n) is 3.36. The first-order valence-corrected chi connectivity index (χ1v) is 6.09. The Bertz CT molecular complexity index is 322. The zero-order chi connectivity index (χ0) is 11.3. The van der Waals surface area contributed by atoms with Crippen LogP contribution in [-0.4, -0.2) is 16.9 Å². The van der Waals surface area contributed by atoms with E-state index in [2.05, 4.69) is 26.2 Å². The molecule has 1 aromatic rings. The summed E-state index contributed by atoms with van der Waals surface area (Å²) in [6.45, 7) is 1.98. The van der Waals surface area contributed by atoms with Crippen LogP contribution in [0.15, 0.2) is 16.7 Å². The molecule has 0 saturated carbocycles. The Kier molecular flexibility index (Phi) is 5.32. The van der Waals surface area contributed by atoms with E-state index in [1.807, 2.05) is 6.92 Å². The van der Waals surface area contributed by atoms with Gasteiger partial charge in [-0.25, -0.2) is 9.37 Å². The van der Waals surface area contributed by atoms with Gasteiger partial charge in [0.05, 0.1) is 0 Å². The Labute approximate surface area is 102 Å². The first-order chi connectivity index (χ1) is 7.13. The molecule has 1 atom stereocenters. The van der Waals surface area contributed by atoms with Crippen molar-refractivity contribution < 1.29 is 4.39 Å². The minimum atomic E-state index is -0.345. The average molecular weight is 296 g/mol. The van der Waals surface area contributed by atoms with Crippen LogP contribution in [0.2, 0.25) is 0 Å². The summed E-state index contributed by atoms with van der Waals surface area (Å²) in [5.41, 5.74) is 0. The van der Waals surface area contributed by atoms with Gasteiger partial charge in [-0.15, -0.1) is 11.6 Å². The molecule has 0 aliphatic heterocycles. The van der Waals surface area contributed by atoms with Gasteiger partial charge in [0.1, 0.15) is 0 Å². The Balaban J connectivity index is 2.56. The summed E-state index contributed by atoms with van der Waals surface area (Å²) in [6, 6.07) is 1.57. The van der Waals surface area contributed by atoms with Crippen LogP contribution in [0, 0.1) is 5.82 Å². The van der Waals surface area contributed by atoms with E-state index in [-0.39, 0.29) is 11.9 Å². The number of aromatic nitrogens is 1. The van der Waals surface area contributed by atoms with E-state index in [0.717, 1.165) is 12.8 Å². The van der Waals surface area contributed by atoms with Crippen molar-refractivity contribution in [3.8, 4) is 0 Å². The number of rotatable bonds is 5. The fourth-order valence-electron chi connectivity index (χ4n) is 1.21. The Morgan fingerprint density at radius 1 is 1.67 bits per heavy atom. The molecule has 15 heavy (non-hydrogen) atoms. The second kappa shape index (κ2) is 6.28. The predicted molar refractivity (Wildman–Crippen MR) is 64.9 cm³/mol. The van der Waals surface area contributed by atoms with E-state index >= 15 is 0 Å². The van der Waals surface area contributed by atoms with Crippen LogP contribution in [0.1, 0.15) is 19.8 Å². The smallest absolute Gasteiger partial charge is 0.166 e. The first kappa shape index (κ1) is 12.7. The molecule has 1 rings (SSSR count). The van der Waals surface area contributed by atoms with Crippen molar-refractivity contribution in [3.63, 3.8) is 0 Å². The van der Waals surface area contributed by atoms with Crippen molar-refractivity contribution in [2.45, 2.75) is 25.8 Å².